The molecule has 0 bridgehead atoms. The Balaban J connectivity index is 1.38. The smallest absolute Gasteiger partial charge is 0.336 e. The minimum absolute atomic E-state index is 0.0802. The topological polar surface area (TPSA) is 169 Å². The number of likely N-dealkylation sites (tertiary alicyclic amines) is 1. The molecule has 0 radical (unpaired) electrons. The highest BCUT2D eigenvalue weighted by Gasteiger charge is 2.70. The van der Waals surface area contributed by atoms with Gasteiger partial charge in [-0.1, -0.05) is 0 Å². The van der Waals surface area contributed by atoms with E-state index in [-0.39, 0.29) is 10.6 Å². The largest absolute Gasteiger partial charge is 0.403 e. The van der Waals surface area contributed by atoms with Crippen LogP contribution in [0.25, 0.3) is 11.4 Å². The minimum atomic E-state index is -4.86. The van der Waals surface area contributed by atoms with Crippen molar-refractivity contribution in [3.05, 3.63) is 43.5 Å². The van der Waals surface area contributed by atoms with Gasteiger partial charge >= 0.3 is 6.18 Å². The van der Waals surface area contributed by atoms with Gasteiger partial charge in [0.25, 0.3) is 0 Å². The lowest BCUT2D eigenvalue weighted by Gasteiger charge is -2.29. The first-order chi connectivity index (χ1) is 19.4. The third kappa shape index (κ3) is 4.42. The number of hydrogen-bond acceptors (Lipinski definition) is 9. The molecule has 13 nitrogen and oxygen atoms in total. The van der Waals surface area contributed by atoms with Crippen LogP contribution in [0.2, 0.25) is 0 Å². The molecular formula is C24H22F3N9O4S. The molecular weight excluding hydrogens is 567 g/mol. The Hall–Kier alpha value is -4.33. The molecule has 1 aromatic carbocycles. The van der Waals surface area contributed by atoms with Crippen LogP contribution < -0.4 is 5.32 Å². The van der Waals surface area contributed by atoms with Gasteiger partial charge < -0.3 is 10.2 Å². The Labute approximate surface area is 230 Å². The number of hydrogen-bond donors (Lipinski definition) is 1. The van der Waals surface area contributed by atoms with E-state index in [1.54, 1.807) is 0 Å². The van der Waals surface area contributed by atoms with Crippen molar-refractivity contribution < 1.29 is 31.2 Å². The zero-order valence-corrected chi connectivity index (χ0v) is 22.0. The van der Waals surface area contributed by atoms with Gasteiger partial charge in [-0.15, -0.1) is 0 Å². The molecule has 1 N–H and O–H groups in total. The van der Waals surface area contributed by atoms with Gasteiger partial charge in [0.05, 0.1) is 27.6 Å². The summed E-state index contributed by atoms with van der Waals surface area (Å²) in [6.45, 7) is -0.627. The van der Waals surface area contributed by atoms with Crippen LogP contribution in [0.5, 0.6) is 0 Å². The van der Waals surface area contributed by atoms with Crippen LogP contribution in [0.3, 0.4) is 0 Å². The van der Waals surface area contributed by atoms with E-state index in [1.165, 1.54) is 52.9 Å². The van der Waals surface area contributed by atoms with Gasteiger partial charge in [0.15, 0.2) is 9.84 Å². The van der Waals surface area contributed by atoms with Crippen LogP contribution in [-0.2, 0) is 19.4 Å². The lowest BCUT2D eigenvalue weighted by Crippen LogP contribution is -2.53. The van der Waals surface area contributed by atoms with E-state index in [0.717, 1.165) is 4.90 Å². The molecule has 17 heteroatoms. The van der Waals surface area contributed by atoms with E-state index in [0.29, 0.717) is 18.5 Å². The van der Waals surface area contributed by atoms with Crippen LogP contribution in [0.4, 0.5) is 13.2 Å². The first-order valence-electron chi connectivity index (χ1n) is 12.6. The van der Waals surface area contributed by atoms with E-state index in [2.05, 4.69) is 25.5 Å². The van der Waals surface area contributed by atoms with Crippen LogP contribution >= 0.6 is 0 Å². The number of halogens is 3. The third-order valence-corrected chi connectivity index (χ3v) is 10.1. The Morgan fingerprint density at radius 2 is 1.71 bits per heavy atom. The second-order valence-corrected chi connectivity index (χ2v) is 12.7. The summed E-state index contributed by atoms with van der Waals surface area (Å²) in [6.07, 6.45) is -0.323. The first kappa shape index (κ1) is 26.9. The highest BCUT2D eigenvalue weighted by molar-refractivity contribution is 7.92. The summed E-state index contributed by atoms with van der Waals surface area (Å²) < 4.78 is 72.4. The van der Waals surface area contributed by atoms with Crippen molar-refractivity contribution in [2.24, 2.45) is 5.41 Å². The highest BCUT2D eigenvalue weighted by Crippen LogP contribution is 2.59. The van der Waals surface area contributed by atoms with Crippen molar-refractivity contribution in [1.82, 2.24) is 39.7 Å². The van der Waals surface area contributed by atoms with E-state index in [1.807, 2.05) is 6.07 Å². The maximum atomic E-state index is 14.1. The number of nitriles is 1. The Kier molecular flexibility index (Phi) is 5.96. The zero-order chi connectivity index (χ0) is 29.2. The molecule has 1 unspecified atom stereocenters. The summed E-state index contributed by atoms with van der Waals surface area (Å²) >= 11 is 0. The number of benzene rings is 1. The number of amides is 2. The molecule has 2 aromatic heterocycles. The van der Waals surface area contributed by atoms with E-state index >= 15 is 0 Å². The van der Waals surface area contributed by atoms with E-state index in [4.69, 9.17) is 0 Å². The number of carbonyl (C=O) groups excluding carboxylic acids is 2. The van der Waals surface area contributed by atoms with Crippen LogP contribution in [-0.4, -0.2) is 84.2 Å². The van der Waals surface area contributed by atoms with Gasteiger partial charge in [0, 0.05) is 6.54 Å². The number of sulfone groups is 1. The lowest BCUT2D eigenvalue weighted by atomic mass is 10.0. The Morgan fingerprint density at radius 1 is 1.05 bits per heavy atom. The summed E-state index contributed by atoms with van der Waals surface area (Å²) in [5.41, 5.74) is -3.29. The molecule has 3 heterocycles. The molecule has 1 saturated heterocycles. The number of nitrogens with zero attached hydrogens (tertiary/aromatic N) is 8. The summed E-state index contributed by atoms with van der Waals surface area (Å²) in [7, 11) is -4.36. The first-order valence-corrected chi connectivity index (χ1v) is 14.1. The predicted molar refractivity (Wildman–Crippen MR) is 131 cm³/mol. The number of alkyl halides is 3. The molecule has 0 spiro atoms. The predicted octanol–water partition coefficient (Wildman–Crippen LogP) is 1.11. The average Bonchev–Trinajstić information content (AvgIpc) is 3.64. The maximum Gasteiger partial charge on any atom is 0.403 e. The van der Waals surface area contributed by atoms with E-state index < -0.39 is 75.9 Å². The molecule has 2 atom stereocenters. The molecule has 3 fully saturated rings. The van der Waals surface area contributed by atoms with Gasteiger partial charge in [0.1, 0.15) is 42.3 Å². The average molecular weight is 590 g/mol. The summed E-state index contributed by atoms with van der Waals surface area (Å²) in [4.78, 5) is 34.8. The number of aromatic nitrogens is 6. The molecule has 6 rings (SSSR count). The van der Waals surface area contributed by atoms with Gasteiger partial charge in [-0.3, -0.25) is 9.59 Å². The summed E-state index contributed by atoms with van der Waals surface area (Å²) in [5, 5.41) is 18.6. The monoisotopic (exact) mass is 589 g/mol. The number of carbonyl (C=O) groups is 2. The Bertz CT molecular complexity index is 1660. The van der Waals surface area contributed by atoms with Gasteiger partial charge in [-0.2, -0.15) is 28.6 Å². The highest BCUT2D eigenvalue weighted by atomic mass is 32.2. The second kappa shape index (κ2) is 9.09. The van der Waals surface area contributed by atoms with Crippen molar-refractivity contribution in [3.63, 3.8) is 0 Å². The minimum Gasteiger partial charge on any atom is -0.336 e. The molecule has 2 aliphatic carbocycles. The lowest BCUT2D eigenvalue weighted by molar-refractivity contribution is -0.199. The maximum absolute atomic E-state index is 14.1. The molecule has 1 aliphatic heterocycles. The Morgan fingerprint density at radius 3 is 2.24 bits per heavy atom. The number of nitrogens with one attached hydrogen (secondary N) is 1. The normalized spacial score (nSPS) is 22.6. The second-order valence-electron chi connectivity index (χ2n) is 10.5. The fraction of sp³-hybridized carbons (Fsp3) is 0.458. The zero-order valence-electron chi connectivity index (χ0n) is 21.2. The molecule has 2 amide bonds. The van der Waals surface area contributed by atoms with Crippen LogP contribution in [0, 0.1) is 16.7 Å². The summed E-state index contributed by atoms with van der Waals surface area (Å²) in [5.74, 6) is -2.19. The van der Waals surface area contributed by atoms with Crippen LogP contribution in [0.15, 0.2) is 48.4 Å². The van der Waals surface area contributed by atoms with Crippen molar-refractivity contribution in [2.45, 2.75) is 60.0 Å². The molecule has 2 saturated carbocycles. The summed E-state index contributed by atoms with van der Waals surface area (Å²) in [6, 6.07) is 4.71. The van der Waals surface area contributed by atoms with Gasteiger partial charge in [0.2, 0.25) is 11.8 Å². The molecule has 3 aliphatic rings. The number of rotatable bonds is 7. The standard InChI is InChI=1S/C24H22F3N9O4S/c25-24(26,27)23(5-6-23)21(38)34-9-16(8-18(34)20(37)33-22(10-28)3-4-22)41(39,40)19-2-1-15(35-13-29-11-31-35)7-17(19)36-14-30-12-32-36/h1-2,7,11-14,16,18H,3-6,8-9H2,(H,33,37)/t16?,18-/m0/s1. The van der Waals surface area contributed by atoms with Crippen LogP contribution in [0.1, 0.15) is 32.1 Å². The van der Waals surface area contributed by atoms with Crippen molar-refractivity contribution in [1.29, 1.82) is 5.26 Å². The van der Waals surface area contributed by atoms with Gasteiger partial charge in [-0.05, 0) is 50.3 Å². The van der Waals surface area contributed by atoms with Crippen molar-refractivity contribution >= 4 is 21.7 Å². The molecule has 3 aromatic rings. The van der Waals surface area contributed by atoms with E-state index in [9.17, 15) is 36.4 Å². The van der Waals surface area contributed by atoms with Crippen molar-refractivity contribution in [2.75, 3.05) is 6.54 Å². The van der Waals surface area contributed by atoms with Crippen molar-refractivity contribution in [3.8, 4) is 17.4 Å². The fourth-order valence-corrected chi connectivity index (χ4v) is 7.00. The molecule has 214 valence electrons. The SMILES string of the molecule is N#CC1(NC(=O)[C@@H]2CC(S(=O)(=O)c3ccc(-n4cncn4)cc3-n3cncn3)CN2C(=O)C2(C(F)(F)F)CC2)CC1. The fourth-order valence-electron chi connectivity index (χ4n) is 5.14. The van der Waals surface area contributed by atoms with Gasteiger partial charge in [-0.25, -0.2) is 27.7 Å². The quantitative estimate of drug-likeness (QED) is 0.424. The third-order valence-electron chi connectivity index (χ3n) is 7.89. The molecule has 41 heavy (non-hydrogen) atoms.